The molecule has 4 atom stereocenters. The van der Waals surface area contributed by atoms with Gasteiger partial charge in [-0.2, -0.15) is 0 Å². The number of esters is 2. The molecule has 4 aliphatic carbocycles. The van der Waals surface area contributed by atoms with Crippen molar-refractivity contribution < 1.29 is 52.4 Å². The van der Waals surface area contributed by atoms with Crippen LogP contribution in [0.4, 0.5) is 5.69 Å². The smallest absolute Gasteiger partial charge is 0.309 e. The van der Waals surface area contributed by atoms with Gasteiger partial charge in [-0.3, -0.25) is 28.8 Å². The standard InChI is InChI=1S/C32H42ClN3O5.C25H36N2O6/c1-18-6-9-25(24(33)12-18)34-31(39)23-17-36(26(37)10-11-27(38)40-5)16-22(23)29-28(20-7-8-20)30(41-35-29)21-13-19(14-21)15-32(2,3)4;1-25(2,3)11-14-9-16(10-14)23-21(15-5-6-15)22(26-33-23)17-12-27(13-18(17)24(30)31)19(28)7-8-20(29)32-4/h6,9,12,19-23H,7-8,10-11,13-17H2,1-5H3,(H,34,39);14-18H,5-13H2,1-4H3,(H,30,31)/t19?,21?,22-,23-;14?,16?,17-,18-/m00/s1. The van der Waals surface area contributed by atoms with Crippen molar-refractivity contribution in [2.45, 2.75) is 174 Å². The lowest BCUT2D eigenvalue weighted by atomic mass is 9.66. The van der Waals surface area contributed by atoms with E-state index < -0.39 is 29.7 Å². The van der Waals surface area contributed by atoms with Gasteiger partial charge in [-0.15, -0.1) is 0 Å². The number of nitrogens with zero attached hydrogens (tertiary/aromatic N) is 4. The third-order valence-corrected chi connectivity index (χ3v) is 16.5. The highest BCUT2D eigenvalue weighted by molar-refractivity contribution is 6.33. The van der Waals surface area contributed by atoms with Gasteiger partial charge in [0.05, 0.1) is 61.0 Å². The van der Waals surface area contributed by atoms with Crippen LogP contribution in [0.15, 0.2) is 27.2 Å². The molecule has 2 aromatic heterocycles. The summed E-state index contributed by atoms with van der Waals surface area (Å²) in [7, 11) is 2.60. The number of likely N-dealkylation sites (tertiary alicyclic amines) is 2. The SMILES string of the molecule is COC(=O)CCC(=O)N1C[C@H](C(=O)Nc2ccc(C)cc2Cl)[C@@H](c2noc(C3CC(CC(C)(C)C)C3)c2C2CC2)C1.COC(=O)CCC(=O)N1C[C@H](C(=O)O)[C@@H](c2noc(C3CC(CC(C)(C)C)C3)c2C2CC2)C1. The number of ether oxygens (including phenoxy) is 2. The van der Waals surface area contributed by atoms with Gasteiger partial charge in [-0.25, -0.2) is 0 Å². The van der Waals surface area contributed by atoms with Crippen molar-refractivity contribution in [2.24, 2.45) is 34.5 Å². The highest BCUT2D eigenvalue weighted by Crippen LogP contribution is 2.56. The molecule has 404 valence electrons. The van der Waals surface area contributed by atoms with Crippen LogP contribution < -0.4 is 5.32 Å². The number of anilines is 1. The van der Waals surface area contributed by atoms with Gasteiger partial charge in [-0.1, -0.05) is 69.5 Å². The minimum Gasteiger partial charge on any atom is -0.481 e. The van der Waals surface area contributed by atoms with Gasteiger partial charge >= 0.3 is 17.9 Å². The van der Waals surface area contributed by atoms with Crippen LogP contribution in [0.2, 0.25) is 5.02 Å². The predicted octanol–water partition coefficient (Wildman–Crippen LogP) is 10.6. The minimum atomic E-state index is -0.927. The van der Waals surface area contributed by atoms with E-state index in [2.05, 4.69) is 61.9 Å². The molecule has 0 unspecified atom stereocenters. The second-order valence-corrected chi connectivity index (χ2v) is 25.2. The lowest BCUT2D eigenvalue weighted by Crippen LogP contribution is -2.32. The Morgan fingerprint density at radius 3 is 1.49 bits per heavy atom. The van der Waals surface area contributed by atoms with Crippen LogP contribution in [-0.4, -0.2) is 101 Å². The number of hydrogen-bond donors (Lipinski definition) is 2. The summed E-state index contributed by atoms with van der Waals surface area (Å²) in [6.07, 6.45) is 11.1. The number of halogens is 1. The first-order valence-corrected chi connectivity index (χ1v) is 27.4. The number of rotatable bonds is 17. The Hall–Kier alpha value is -5.25. The summed E-state index contributed by atoms with van der Waals surface area (Å²) in [6, 6.07) is 5.51. The highest BCUT2D eigenvalue weighted by Gasteiger charge is 2.50. The molecule has 0 radical (unpaired) electrons. The number of hydrogen-bond acceptors (Lipinski definition) is 12. The van der Waals surface area contributed by atoms with Crippen molar-refractivity contribution in [3.63, 3.8) is 0 Å². The maximum absolute atomic E-state index is 13.8. The molecule has 1 aromatic carbocycles. The summed E-state index contributed by atoms with van der Waals surface area (Å²) < 4.78 is 21.3. The number of aliphatic carboxylic acids is 1. The summed E-state index contributed by atoms with van der Waals surface area (Å²) in [4.78, 5) is 77.9. The van der Waals surface area contributed by atoms with Gasteiger partial charge in [0.1, 0.15) is 11.5 Å². The molecule has 16 nitrogen and oxygen atoms in total. The zero-order valence-electron chi connectivity index (χ0n) is 44.9. The van der Waals surface area contributed by atoms with Crippen LogP contribution in [0.25, 0.3) is 0 Å². The van der Waals surface area contributed by atoms with Crippen molar-refractivity contribution in [3.05, 3.63) is 62.8 Å². The fourth-order valence-corrected chi connectivity index (χ4v) is 12.6. The molecule has 2 N–H and O–H groups in total. The van der Waals surface area contributed by atoms with Crippen LogP contribution in [0.3, 0.4) is 0 Å². The van der Waals surface area contributed by atoms with Gasteiger partial charge < -0.3 is 38.7 Å². The maximum Gasteiger partial charge on any atom is 0.309 e. The number of amides is 3. The normalized spacial score (nSPS) is 25.6. The quantitative estimate of drug-likeness (QED) is 0.121. The molecule has 3 aromatic rings. The fourth-order valence-electron chi connectivity index (χ4n) is 12.3. The van der Waals surface area contributed by atoms with Crippen LogP contribution >= 0.6 is 11.6 Å². The number of aromatic nitrogens is 2. The minimum absolute atomic E-state index is 0.00514. The van der Waals surface area contributed by atoms with Gasteiger partial charge in [-0.05, 0) is 123 Å². The number of carbonyl (C=O) groups is 6. The average Bonchev–Trinajstić information content (AvgIpc) is 4.12. The predicted molar refractivity (Wildman–Crippen MR) is 277 cm³/mol. The summed E-state index contributed by atoms with van der Waals surface area (Å²) in [6.45, 7) is 16.6. The first-order valence-electron chi connectivity index (χ1n) is 27.0. The third kappa shape index (κ3) is 13.2. The Morgan fingerprint density at radius 1 is 0.662 bits per heavy atom. The molecule has 3 amide bonds. The lowest BCUT2D eigenvalue weighted by molar-refractivity contribution is -0.144. The van der Waals surface area contributed by atoms with Gasteiger partial charge in [0.15, 0.2) is 0 Å². The molecule has 4 saturated carbocycles. The third-order valence-electron chi connectivity index (χ3n) is 16.2. The monoisotopic (exact) mass is 1040 g/mol. The molecule has 0 spiro atoms. The molecule has 17 heteroatoms. The zero-order chi connectivity index (χ0) is 53.4. The molecule has 74 heavy (non-hydrogen) atoms. The van der Waals surface area contributed by atoms with Crippen LogP contribution in [-0.2, 0) is 38.2 Å². The van der Waals surface area contributed by atoms with Crippen LogP contribution in [0.1, 0.15) is 207 Å². The molecular formula is C57H78ClN5O11. The van der Waals surface area contributed by atoms with Gasteiger partial charge in [0.25, 0.3) is 0 Å². The topological polar surface area (TPSA) is 212 Å². The Balaban J connectivity index is 0.000000202. The number of nitrogens with one attached hydrogen (secondary N) is 1. The average molecular weight is 1040 g/mol. The molecule has 2 saturated heterocycles. The number of benzene rings is 1. The molecule has 6 aliphatic rings. The molecule has 9 rings (SSSR count). The van der Waals surface area contributed by atoms with Gasteiger partial charge in [0, 0.05) is 73.8 Å². The Morgan fingerprint density at radius 2 is 1.09 bits per heavy atom. The second-order valence-electron chi connectivity index (χ2n) is 24.8. The number of methoxy groups -OCH3 is 2. The van der Waals surface area contributed by atoms with E-state index in [0.717, 1.165) is 85.4 Å². The molecule has 6 fully saturated rings. The first kappa shape index (κ1) is 55.0. The van der Waals surface area contributed by atoms with Crippen LogP contribution in [0, 0.1) is 41.4 Å². The van der Waals surface area contributed by atoms with E-state index in [0.29, 0.717) is 70.1 Å². The van der Waals surface area contributed by atoms with E-state index in [9.17, 15) is 33.9 Å². The van der Waals surface area contributed by atoms with Crippen molar-refractivity contribution in [1.82, 2.24) is 20.1 Å². The van der Waals surface area contributed by atoms with Gasteiger partial charge in [0.2, 0.25) is 17.7 Å². The molecule has 0 bridgehead atoms. The Labute approximate surface area is 440 Å². The molecule has 2 aliphatic heterocycles. The Kier molecular flexibility index (Phi) is 16.7. The lowest BCUT2D eigenvalue weighted by Gasteiger charge is -2.38. The fraction of sp³-hybridized carbons (Fsp3) is 0.684. The second kappa shape index (κ2) is 22.5. The number of carboxylic acids is 1. The van der Waals surface area contributed by atoms with Crippen molar-refractivity contribution in [3.8, 4) is 0 Å². The number of aryl methyl sites for hydroxylation is 1. The molecule has 4 heterocycles. The molecular weight excluding hydrogens is 966 g/mol. The van der Waals surface area contributed by atoms with Crippen molar-refractivity contribution in [1.29, 1.82) is 0 Å². The zero-order valence-corrected chi connectivity index (χ0v) is 45.7. The van der Waals surface area contributed by atoms with E-state index in [4.69, 9.17) is 25.4 Å². The van der Waals surface area contributed by atoms with E-state index >= 15 is 0 Å². The Bertz CT molecular complexity index is 2560. The highest BCUT2D eigenvalue weighted by atomic mass is 35.5. The van der Waals surface area contributed by atoms with E-state index in [-0.39, 0.29) is 68.3 Å². The van der Waals surface area contributed by atoms with E-state index in [1.807, 2.05) is 19.1 Å². The summed E-state index contributed by atoms with van der Waals surface area (Å²) in [5.41, 5.74) is 6.00. The summed E-state index contributed by atoms with van der Waals surface area (Å²) >= 11 is 6.43. The van der Waals surface area contributed by atoms with Crippen LogP contribution in [0.5, 0.6) is 0 Å². The van der Waals surface area contributed by atoms with E-state index in [1.165, 1.54) is 32.6 Å². The summed E-state index contributed by atoms with van der Waals surface area (Å²) in [5, 5.41) is 22.4. The summed E-state index contributed by atoms with van der Waals surface area (Å²) in [5.74, 6) is 0.469. The van der Waals surface area contributed by atoms with Crippen molar-refractivity contribution >= 4 is 52.9 Å². The largest absolute Gasteiger partial charge is 0.481 e. The van der Waals surface area contributed by atoms with E-state index in [1.54, 1.807) is 15.9 Å². The first-order chi connectivity index (χ1) is 35.0. The maximum atomic E-state index is 13.8. The number of carboxylic acid groups (broad SMARTS) is 1. The number of carbonyl (C=O) groups excluding carboxylic acids is 5. The van der Waals surface area contributed by atoms with Crippen molar-refractivity contribution in [2.75, 3.05) is 45.7 Å².